The molecule has 0 saturated heterocycles. The molecule has 3 N–H and O–H groups in total. The summed E-state index contributed by atoms with van der Waals surface area (Å²) < 4.78 is 33.6. The third-order valence-electron chi connectivity index (χ3n) is 4.11. The quantitative estimate of drug-likeness (QED) is 0.900. The molecule has 0 bridgehead atoms. The number of hydrogen-bond acceptors (Lipinski definition) is 4. The fraction of sp³-hybridized carbons (Fsp3) is 0.294. The molecule has 0 aromatic heterocycles. The number of methoxy groups -OCH3 is 1. The maximum atomic E-state index is 12.8. The van der Waals surface area contributed by atoms with Crippen LogP contribution in [0.25, 0.3) is 0 Å². The molecule has 1 aliphatic rings. The highest BCUT2D eigenvalue weighted by molar-refractivity contribution is 7.92. The van der Waals surface area contributed by atoms with E-state index >= 15 is 0 Å². The van der Waals surface area contributed by atoms with Crippen molar-refractivity contribution in [3.63, 3.8) is 0 Å². The Morgan fingerprint density at radius 2 is 1.87 bits per heavy atom. The lowest BCUT2D eigenvalue weighted by Gasteiger charge is -2.25. The van der Waals surface area contributed by atoms with E-state index in [4.69, 9.17) is 10.5 Å². The number of nitrogens with one attached hydrogen (secondary N) is 1. The van der Waals surface area contributed by atoms with Crippen LogP contribution in [0.2, 0.25) is 0 Å². The molecule has 0 spiro atoms. The van der Waals surface area contributed by atoms with Crippen molar-refractivity contribution in [1.82, 2.24) is 0 Å². The van der Waals surface area contributed by atoms with Crippen molar-refractivity contribution < 1.29 is 13.2 Å². The van der Waals surface area contributed by atoms with Gasteiger partial charge in [0, 0.05) is 17.3 Å². The molecule has 0 saturated carbocycles. The molecule has 122 valence electrons. The minimum atomic E-state index is -3.64. The lowest BCUT2D eigenvalue weighted by molar-refractivity contribution is 0.402. The summed E-state index contributed by atoms with van der Waals surface area (Å²) in [6, 6.07) is 12.2. The highest BCUT2D eigenvalue weighted by Gasteiger charge is 2.27. The third-order valence-corrected chi connectivity index (χ3v) is 5.58. The number of sulfonamides is 1. The van der Waals surface area contributed by atoms with Crippen LogP contribution in [0.5, 0.6) is 5.75 Å². The van der Waals surface area contributed by atoms with Crippen LogP contribution in [0.3, 0.4) is 0 Å². The van der Waals surface area contributed by atoms with E-state index in [1.807, 2.05) is 6.07 Å². The summed E-state index contributed by atoms with van der Waals surface area (Å²) in [5.74, 6) is 0.703. The fourth-order valence-electron chi connectivity index (χ4n) is 3.00. The summed E-state index contributed by atoms with van der Waals surface area (Å²) in [7, 11) is -2.05. The Balaban J connectivity index is 2.04. The fourth-order valence-corrected chi connectivity index (χ4v) is 4.35. The molecule has 0 amide bonds. The maximum Gasteiger partial charge on any atom is 0.262 e. The highest BCUT2D eigenvalue weighted by Crippen LogP contribution is 2.34. The van der Waals surface area contributed by atoms with E-state index in [0.717, 1.165) is 17.5 Å². The molecule has 0 radical (unpaired) electrons. The van der Waals surface area contributed by atoms with Gasteiger partial charge in [0.1, 0.15) is 5.75 Å². The van der Waals surface area contributed by atoms with E-state index in [2.05, 4.69) is 4.72 Å². The van der Waals surface area contributed by atoms with Gasteiger partial charge in [0.25, 0.3) is 10.0 Å². The van der Waals surface area contributed by atoms with E-state index < -0.39 is 10.0 Å². The number of ether oxygens (including phenoxy) is 1. The molecule has 1 atom stereocenters. The van der Waals surface area contributed by atoms with Gasteiger partial charge in [-0.2, -0.15) is 0 Å². The van der Waals surface area contributed by atoms with Crippen molar-refractivity contribution >= 4 is 15.7 Å². The van der Waals surface area contributed by atoms with Gasteiger partial charge in [0.05, 0.1) is 12.0 Å². The molecule has 23 heavy (non-hydrogen) atoms. The number of benzene rings is 2. The number of rotatable bonds is 4. The van der Waals surface area contributed by atoms with Crippen LogP contribution >= 0.6 is 0 Å². The van der Waals surface area contributed by atoms with Crippen molar-refractivity contribution in [2.24, 2.45) is 5.73 Å². The summed E-state index contributed by atoms with van der Waals surface area (Å²) in [4.78, 5) is 0.309. The molecular weight excluding hydrogens is 312 g/mol. The Labute approximate surface area is 136 Å². The molecule has 0 heterocycles. The topological polar surface area (TPSA) is 81.4 Å². The van der Waals surface area contributed by atoms with Gasteiger partial charge in [-0.1, -0.05) is 18.2 Å². The predicted molar refractivity (Wildman–Crippen MR) is 90.2 cm³/mol. The van der Waals surface area contributed by atoms with E-state index in [9.17, 15) is 8.42 Å². The highest BCUT2D eigenvalue weighted by atomic mass is 32.2. The van der Waals surface area contributed by atoms with Crippen molar-refractivity contribution in [2.75, 3.05) is 11.8 Å². The second kappa shape index (κ2) is 6.22. The number of hydrogen-bond donors (Lipinski definition) is 2. The summed E-state index contributed by atoms with van der Waals surface area (Å²) in [5.41, 5.74) is 8.30. The first-order valence-electron chi connectivity index (χ1n) is 7.53. The minimum absolute atomic E-state index is 0.0384. The lowest BCUT2D eigenvalue weighted by atomic mass is 9.88. The monoisotopic (exact) mass is 332 g/mol. The van der Waals surface area contributed by atoms with Gasteiger partial charge in [-0.25, -0.2) is 8.42 Å². The van der Waals surface area contributed by atoms with Crippen LogP contribution in [0.15, 0.2) is 47.4 Å². The van der Waals surface area contributed by atoms with Gasteiger partial charge in [-0.05, 0) is 49.1 Å². The number of nitrogens with two attached hydrogens (primary N) is 1. The van der Waals surface area contributed by atoms with Gasteiger partial charge in [-0.15, -0.1) is 0 Å². The van der Waals surface area contributed by atoms with Gasteiger partial charge >= 0.3 is 0 Å². The molecule has 0 fully saturated rings. The van der Waals surface area contributed by atoms with Crippen LogP contribution in [-0.2, 0) is 22.9 Å². The average molecular weight is 332 g/mol. The van der Waals surface area contributed by atoms with Crippen LogP contribution in [0, 0.1) is 0 Å². The van der Waals surface area contributed by atoms with E-state index in [1.54, 1.807) is 43.5 Å². The Morgan fingerprint density at radius 3 is 2.57 bits per heavy atom. The smallest absolute Gasteiger partial charge is 0.262 e. The number of anilines is 1. The lowest BCUT2D eigenvalue weighted by Crippen LogP contribution is -2.29. The van der Waals surface area contributed by atoms with E-state index in [1.165, 1.54) is 0 Å². The van der Waals surface area contributed by atoms with Gasteiger partial charge in [-0.3, -0.25) is 4.72 Å². The summed E-state index contributed by atoms with van der Waals surface area (Å²) in [5, 5.41) is 0. The number of para-hydroxylation sites is 1. The van der Waals surface area contributed by atoms with Crippen LogP contribution in [0.4, 0.5) is 5.69 Å². The molecule has 3 rings (SSSR count). The molecule has 0 aliphatic heterocycles. The van der Waals surface area contributed by atoms with Crippen LogP contribution in [0.1, 0.15) is 17.5 Å². The molecule has 1 aliphatic carbocycles. The Morgan fingerprint density at radius 1 is 1.13 bits per heavy atom. The zero-order chi connectivity index (χ0) is 16.4. The molecule has 2 aromatic carbocycles. The summed E-state index contributed by atoms with van der Waals surface area (Å²) in [6.45, 7) is 0. The van der Waals surface area contributed by atoms with Gasteiger partial charge < -0.3 is 10.5 Å². The average Bonchev–Trinajstić information content (AvgIpc) is 2.54. The largest absolute Gasteiger partial charge is 0.496 e. The molecular formula is C17H20N2O3S. The summed E-state index contributed by atoms with van der Waals surface area (Å²) >= 11 is 0. The van der Waals surface area contributed by atoms with Crippen LogP contribution in [-0.4, -0.2) is 21.6 Å². The van der Waals surface area contributed by atoms with Crippen molar-refractivity contribution in [3.05, 3.63) is 53.6 Å². The third kappa shape index (κ3) is 3.18. The normalized spacial score (nSPS) is 17.4. The Bertz CT molecular complexity index is 804. The van der Waals surface area contributed by atoms with Crippen molar-refractivity contribution in [1.29, 1.82) is 0 Å². The second-order valence-corrected chi connectivity index (χ2v) is 7.35. The molecule has 2 aromatic rings. The van der Waals surface area contributed by atoms with Gasteiger partial charge in [0.2, 0.25) is 0 Å². The van der Waals surface area contributed by atoms with Gasteiger partial charge in [0.15, 0.2) is 0 Å². The zero-order valence-electron chi connectivity index (χ0n) is 13.0. The van der Waals surface area contributed by atoms with E-state index in [0.29, 0.717) is 29.2 Å². The molecule has 6 heteroatoms. The first kappa shape index (κ1) is 15.8. The SMILES string of the molecule is COc1ccc(S(=O)(=O)Nc2ccccc2)c2c1C[C@@H](N)CC2. The number of fused-ring (bicyclic) bond motifs is 1. The molecule has 5 nitrogen and oxygen atoms in total. The Hall–Kier alpha value is -2.05. The van der Waals surface area contributed by atoms with E-state index in [-0.39, 0.29) is 6.04 Å². The van der Waals surface area contributed by atoms with Crippen LogP contribution < -0.4 is 15.2 Å². The standard InChI is InChI=1S/C17H20N2O3S/c1-22-16-9-10-17(14-8-7-12(18)11-15(14)16)23(20,21)19-13-5-3-2-4-6-13/h2-6,9-10,12,19H,7-8,11,18H2,1H3/t12-/m0/s1. The molecule has 0 unspecified atom stereocenters. The van der Waals surface area contributed by atoms with Crippen molar-refractivity contribution in [2.45, 2.75) is 30.2 Å². The first-order valence-corrected chi connectivity index (χ1v) is 9.02. The Kier molecular flexibility index (Phi) is 4.28. The second-order valence-electron chi connectivity index (χ2n) is 5.70. The zero-order valence-corrected chi connectivity index (χ0v) is 13.8. The summed E-state index contributed by atoms with van der Waals surface area (Å²) in [6.07, 6.45) is 2.04. The maximum absolute atomic E-state index is 12.8. The predicted octanol–water partition coefficient (Wildman–Crippen LogP) is 2.31. The first-order chi connectivity index (χ1) is 11.0. The minimum Gasteiger partial charge on any atom is -0.496 e. The van der Waals surface area contributed by atoms with Crippen molar-refractivity contribution in [3.8, 4) is 5.75 Å².